The number of thiol groups is 2. The van der Waals surface area contributed by atoms with E-state index in [1.807, 2.05) is 30.3 Å². The number of hydrogen-bond acceptors (Lipinski definition) is 5. The van der Waals surface area contributed by atoms with Crippen LogP contribution in [0.2, 0.25) is 0 Å². The molecule has 0 aliphatic rings. The van der Waals surface area contributed by atoms with E-state index in [0.29, 0.717) is 12.8 Å². The van der Waals surface area contributed by atoms with Crippen LogP contribution in [0.3, 0.4) is 0 Å². The highest BCUT2D eigenvalue weighted by atomic mass is 32.1. The molecule has 0 aromatic heterocycles. The second kappa shape index (κ2) is 8.19. The Morgan fingerprint density at radius 1 is 1.14 bits per heavy atom. The summed E-state index contributed by atoms with van der Waals surface area (Å²) in [5.41, 5.74) is 0.758. The molecule has 3 N–H and O–H groups in total. The fourth-order valence-corrected chi connectivity index (χ4v) is 2.16. The Hall–Kier alpha value is -1.34. The van der Waals surface area contributed by atoms with Crippen molar-refractivity contribution in [2.75, 3.05) is 5.32 Å². The van der Waals surface area contributed by atoms with E-state index in [1.54, 1.807) is 13.8 Å². The third kappa shape index (κ3) is 5.51. The summed E-state index contributed by atoms with van der Waals surface area (Å²) in [5, 5.41) is 7.82. The molecule has 0 bridgehead atoms. The van der Waals surface area contributed by atoms with Gasteiger partial charge in [0, 0.05) is 18.5 Å². The van der Waals surface area contributed by atoms with Crippen molar-refractivity contribution in [2.24, 2.45) is 0 Å². The lowest BCUT2D eigenvalue weighted by Crippen LogP contribution is -2.61. The van der Waals surface area contributed by atoms with Crippen molar-refractivity contribution in [1.29, 1.82) is 0 Å². The number of rotatable bonds is 7. The van der Waals surface area contributed by atoms with Crippen LogP contribution in [0.5, 0.6) is 0 Å². The number of para-hydroxylation sites is 1. The minimum Gasteiger partial charge on any atom is -0.352 e. The fourth-order valence-electron chi connectivity index (χ4n) is 1.57. The second-order valence-corrected chi connectivity index (χ2v) is 5.70. The zero-order valence-electron chi connectivity index (χ0n) is 12.1. The van der Waals surface area contributed by atoms with Gasteiger partial charge in [-0.2, -0.15) is 0 Å². The van der Waals surface area contributed by atoms with Gasteiger partial charge in [-0.05, 0) is 12.1 Å². The van der Waals surface area contributed by atoms with Gasteiger partial charge in [-0.15, -0.1) is 25.3 Å². The van der Waals surface area contributed by atoms with Crippen molar-refractivity contribution < 1.29 is 9.59 Å². The summed E-state index contributed by atoms with van der Waals surface area (Å²) >= 11 is 8.86. The normalized spacial score (nSPS) is 14.7. The Balaban J connectivity index is 2.93. The Morgan fingerprint density at radius 2 is 1.71 bits per heavy atom. The zero-order chi connectivity index (χ0) is 15.9. The van der Waals surface area contributed by atoms with Crippen LogP contribution >= 0.6 is 25.3 Å². The molecule has 0 radical (unpaired) electrons. The maximum Gasteiger partial charge on any atom is 0.222 e. The van der Waals surface area contributed by atoms with Crippen molar-refractivity contribution in [3.8, 4) is 0 Å². The van der Waals surface area contributed by atoms with E-state index >= 15 is 0 Å². The molecule has 1 aromatic carbocycles. The van der Waals surface area contributed by atoms with Crippen molar-refractivity contribution in [3.63, 3.8) is 0 Å². The van der Waals surface area contributed by atoms with Crippen LogP contribution in [0.1, 0.15) is 26.7 Å². The number of amides is 2. The number of anilines is 1. The summed E-state index contributed by atoms with van der Waals surface area (Å²) in [4.78, 5) is 22.1. The number of hydrogen-bond donors (Lipinski definition) is 5. The van der Waals surface area contributed by atoms with E-state index < -0.39 is 10.4 Å². The number of carbonyl (C=O) groups is 2. The molecule has 2 atom stereocenters. The van der Waals surface area contributed by atoms with Crippen LogP contribution in [-0.4, -0.2) is 22.2 Å². The van der Waals surface area contributed by atoms with E-state index in [0.717, 1.165) is 5.69 Å². The molecule has 0 heterocycles. The van der Waals surface area contributed by atoms with E-state index in [1.165, 1.54) is 0 Å². The van der Waals surface area contributed by atoms with Crippen LogP contribution in [0.15, 0.2) is 30.3 Å². The zero-order valence-corrected chi connectivity index (χ0v) is 13.9. The van der Waals surface area contributed by atoms with Gasteiger partial charge in [0.15, 0.2) is 4.99 Å². The number of nitrogens with one attached hydrogen (secondary N) is 3. The minimum absolute atomic E-state index is 0.172. The van der Waals surface area contributed by atoms with Gasteiger partial charge in [0.1, 0.15) is 5.37 Å². The molecule has 7 heteroatoms. The highest BCUT2D eigenvalue weighted by Gasteiger charge is 2.35. The second-order valence-electron chi connectivity index (χ2n) is 4.48. The maximum atomic E-state index is 11.7. The predicted octanol–water partition coefficient (Wildman–Crippen LogP) is 1.99. The minimum atomic E-state index is -1.21. The molecule has 0 aliphatic heterocycles. The average molecular weight is 327 g/mol. The molecule has 0 saturated carbocycles. The van der Waals surface area contributed by atoms with Gasteiger partial charge in [-0.3, -0.25) is 9.59 Å². The van der Waals surface area contributed by atoms with Crippen LogP contribution in [-0.2, 0) is 9.59 Å². The molecular formula is C14H21N3O2S2. The van der Waals surface area contributed by atoms with Gasteiger partial charge < -0.3 is 16.0 Å². The molecule has 1 aromatic rings. The lowest BCUT2D eigenvalue weighted by molar-refractivity contribution is -0.123. The first-order chi connectivity index (χ1) is 9.91. The van der Waals surface area contributed by atoms with Crippen molar-refractivity contribution >= 4 is 42.8 Å². The smallest absolute Gasteiger partial charge is 0.222 e. The van der Waals surface area contributed by atoms with Gasteiger partial charge in [-0.25, -0.2) is 0 Å². The Kier molecular flexibility index (Phi) is 6.91. The highest BCUT2D eigenvalue weighted by Crippen LogP contribution is 2.23. The van der Waals surface area contributed by atoms with Crippen molar-refractivity contribution in [2.45, 2.75) is 37.1 Å². The maximum absolute atomic E-state index is 11.7. The summed E-state index contributed by atoms with van der Waals surface area (Å²) < 4.78 is 0. The Labute approximate surface area is 136 Å². The SMILES string of the molecule is CCC(=O)NC(S)C(S)(NC(=O)CC)Nc1ccccc1. The first kappa shape index (κ1) is 17.7. The van der Waals surface area contributed by atoms with E-state index in [2.05, 4.69) is 41.2 Å². The molecule has 2 amide bonds. The highest BCUT2D eigenvalue weighted by molar-refractivity contribution is 7.85. The first-order valence-corrected chi connectivity index (χ1v) is 7.71. The van der Waals surface area contributed by atoms with Crippen LogP contribution in [0, 0.1) is 0 Å². The van der Waals surface area contributed by atoms with Crippen molar-refractivity contribution in [1.82, 2.24) is 10.6 Å². The fraction of sp³-hybridized carbons (Fsp3) is 0.429. The predicted molar refractivity (Wildman–Crippen MR) is 91.4 cm³/mol. The van der Waals surface area contributed by atoms with Crippen LogP contribution in [0.4, 0.5) is 5.69 Å². The van der Waals surface area contributed by atoms with Gasteiger partial charge in [0.05, 0.1) is 0 Å². The third-order valence-electron chi connectivity index (χ3n) is 2.77. The summed E-state index contributed by atoms with van der Waals surface area (Å²) in [6, 6.07) is 9.27. The molecule has 21 heavy (non-hydrogen) atoms. The van der Waals surface area contributed by atoms with E-state index in [4.69, 9.17) is 0 Å². The topological polar surface area (TPSA) is 70.2 Å². The first-order valence-electron chi connectivity index (χ1n) is 6.75. The molecule has 116 valence electrons. The van der Waals surface area contributed by atoms with E-state index in [-0.39, 0.29) is 11.8 Å². The molecule has 5 nitrogen and oxygen atoms in total. The third-order valence-corrected chi connectivity index (χ3v) is 3.98. The summed E-state index contributed by atoms with van der Waals surface area (Å²) in [6.45, 7) is 3.48. The average Bonchev–Trinajstić information content (AvgIpc) is 2.47. The molecule has 0 saturated heterocycles. The monoisotopic (exact) mass is 327 g/mol. The standard InChI is InChI=1S/C14H21N3O2S2/c1-3-11(18)15-13(20)14(21,17-12(19)4-2)16-10-8-6-5-7-9-10/h5-9,13,16,20-21H,3-4H2,1-2H3,(H,15,18)(H,17,19). The number of benzene rings is 1. The molecule has 0 spiro atoms. The largest absolute Gasteiger partial charge is 0.352 e. The number of carbonyl (C=O) groups excluding carboxylic acids is 2. The quantitative estimate of drug-likeness (QED) is 0.393. The molecular weight excluding hydrogens is 306 g/mol. The van der Waals surface area contributed by atoms with Crippen LogP contribution in [0.25, 0.3) is 0 Å². The Bertz CT molecular complexity index is 484. The summed E-state index contributed by atoms with van der Waals surface area (Å²) in [6.07, 6.45) is 0.634. The Morgan fingerprint density at radius 3 is 2.24 bits per heavy atom. The molecule has 2 unspecified atom stereocenters. The van der Waals surface area contributed by atoms with Gasteiger partial charge in [0.2, 0.25) is 11.8 Å². The molecule has 0 fully saturated rings. The lowest BCUT2D eigenvalue weighted by Gasteiger charge is -2.36. The van der Waals surface area contributed by atoms with Crippen LogP contribution < -0.4 is 16.0 Å². The van der Waals surface area contributed by atoms with Crippen molar-refractivity contribution in [3.05, 3.63) is 30.3 Å². The molecule has 1 rings (SSSR count). The van der Waals surface area contributed by atoms with Gasteiger partial charge in [0.25, 0.3) is 0 Å². The molecule has 0 aliphatic carbocycles. The summed E-state index contributed by atoms with van der Waals surface area (Å²) in [7, 11) is 0. The van der Waals surface area contributed by atoms with Gasteiger partial charge in [-0.1, -0.05) is 32.0 Å². The summed E-state index contributed by atoms with van der Waals surface area (Å²) in [5.74, 6) is -0.368. The van der Waals surface area contributed by atoms with E-state index in [9.17, 15) is 9.59 Å². The van der Waals surface area contributed by atoms with Gasteiger partial charge >= 0.3 is 0 Å². The lowest BCUT2D eigenvalue weighted by atomic mass is 10.3.